The average molecular weight is 520 g/mol. The lowest BCUT2D eigenvalue weighted by molar-refractivity contribution is -0.118. The molecule has 38 heavy (non-hydrogen) atoms. The molecule has 2 saturated heterocycles. The van der Waals surface area contributed by atoms with E-state index in [-0.39, 0.29) is 24.7 Å². The molecule has 6 heterocycles. The number of aromatic nitrogens is 4. The predicted octanol–water partition coefficient (Wildman–Crippen LogP) is 1.55. The van der Waals surface area contributed by atoms with Crippen LogP contribution in [0.25, 0.3) is 11.3 Å². The molecule has 13 nitrogen and oxygen atoms in total. The molecule has 196 valence electrons. The number of carbonyl (C=O) groups is 2. The Balaban J connectivity index is 1.00. The summed E-state index contributed by atoms with van der Waals surface area (Å²) in [5, 5.41) is 6.00. The van der Waals surface area contributed by atoms with Crippen molar-refractivity contribution in [2.24, 2.45) is 0 Å². The molecular formula is C25H25N7O6. The lowest BCUT2D eigenvalue weighted by Crippen LogP contribution is -2.38. The molecule has 0 aromatic carbocycles. The van der Waals surface area contributed by atoms with Crippen LogP contribution in [0.2, 0.25) is 0 Å². The van der Waals surface area contributed by atoms with E-state index < -0.39 is 6.09 Å². The van der Waals surface area contributed by atoms with Gasteiger partial charge in [-0.15, -0.1) is 0 Å². The Bertz CT molecular complexity index is 1350. The van der Waals surface area contributed by atoms with Crippen LogP contribution in [-0.4, -0.2) is 77.1 Å². The number of ether oxygens (including phenoxy) is 4. The maximum Gasteiger partial charge on any atom is 0.415 e. The van der Waals surface area contributed by atoms with Crippen LogP contribution in [0.4, 0.5) is 16.4 Å². The van der Waals surface area contributed by atoms with Gasteiger partial charge in [-0.25, -0.2) is 14.8 Å². The van der Waals surface area contributed by atoms with Crippen LogP contribution in [0.3, 0.4) is 0 Å². The zero-order valence-corrected chi connectivity index (χ0v) is 20.3. The van der Waals surface area contributed by atoms with Crippen LogP contribution in [0, 0.1) is 0 Å². The predicted molar refractivity (Wildman–Crippen MR) is 133 cm³/mol. The number of carbonyl (C=O) groups excluding carboxylic acids is 2. The Kier molecular flexibility index (Phi) is 6.67. The highest BCUT2D eigenvalue weighted by Gasteiger charge is 2.33. The smallest absolute Gasteiger partial charge is 0.415 e. The molecule has 1 atom stereocenters. The van der Waals surface area contributed by atoms with Gasteiger partial charge in [-0.05, 0) is 37.2 Å². The number of amides is 2. The van der Waals surface area contributed by atoms with Gasteiger partial charge in [0.2, 0.25) is 5.88 Å². The van der Waals surface area contributed by atoms with Gasteiger partial charge in [0.25, 0.3) is 5.91 Å². The van der Waals surface area contributed by atoms with Crippen molar-refractivity contribution < 1.29 is 28.5 Å². The zero-order valence-electron chi connectivity index (χ0n) is 20.3. The molecule has 3 aromatic rings. The Morgan fingerprint density at radius 3 is 2.95 bits per heavy atom. The molecule has 0 aliphatic carbocycles. The number of nitrogens with zero attached hydrogens (tertiary/aromatic N) is 5. The highest BCUT2D eigenvalue weighted by atomic mass is 16.6. The molecule has 13 heteroatoms. The van der Waals surface area contributed by atoms with Crippen LogP contribution >= 0.6 is 0 Å². The number of hydrogen-bond donors (Lipinski definition) is 2. The summed E-state index contributed by atoms with van der Waals surface area (Å²) in [7, 11) is 0. The van der Waals surface area contributed by atoms with Gasteiger partial charge < -0.3 is 29.6 Å². The molecule has 3 aliphatic heterocycles. The third-order valence-corrected chi connectivity index (χ3v) is 6.18. The zero-order chi connectivity index (χ0) is 25.9. The Morgan fingerprint density at radius 1 is 1.16 bits per heavy atom. The lowest BCUT2D eigenvalue weighted by atomic mass is 10.1. The molecular weight excluding hydrogens is 494 g/mol. The second-order valence-electron chi connectivity index (χ2n) is 8.99. The summed E-state index contributed by atoms with van der Waals surface area (Å²) >= 11 is 0. The van der Waals surface area contributed by atoms with Crippen LogP contribution in [0.1, 0.15) is 12.1 Å². The summed E-state index contributed by atoms with van der Waals surface area (Å²) in [4.78, 5) is 43.0. The maximum atomic E-state index is 12.4. The Morgan fingerprint density at radius 2 is 2.08 bits per heavy atom. The van der Waals surface area contributed by atoms with Crippen molar-refractivity contribution in [2.45, 2.75) is 25.2 Å². The third kappa shape index (κ3) is 5.33. The fourth-order valence-corrected chi connectivity index (χ4v) is 4.17. The van der Waals surface area contributed by atoms with E-state index in [0.717, 1.165) is 11.3 Å². The summed E-state index contributed by atoms with van der Waals surface area (Å²) in [5.41, 5.74) is 2.43. The van der Waals surface area contributed by atoms with E-state index in [9.17, 15) is 9.59 Å². The van der Waals surface area contributed by atoms with Gasteiger partial charge in [0.15, 0.2) is 18.2 Å². The first-order valence-corrected chi connectivity index (χ1v) is 12.2. The molecule has 0 spiro atoms. The van der Waals surface area contributed by atoms with Crippen LogP contribution in [-0.2, 0) is 20.8 Å². The number of pyridine rings is 2. The molecule has 3 aromatic heterocycles. The summed E-state index contributed by atoms with van der Waals surface area (Å²) in [6.07, 6.45) is 4.88. The van der Waals surface area contributed by atoms with E-state index in [1.165, 1.54) is 4.90 Å². The largest absolute Gasteiger partial charge is 0.480 e. The SMILES string of the molecule is O=C1COc2ccc(N3CC(CCNCc4cc(-c5cncc(OC6COC6)n5)ccn4)OC3=O)nc2N1. The van der Waals surface area contributed by atoms with Gasteiger partial charge >= 0.3 is 6.09 Å². The van der Waals surface area contributed by atoms with E-state index in [4.69, 9.17) is 18.9 Å². The van der Waals surface area contributed by atoms with Crippen molar-refractivity contribution in [3.8, 4) is 22.9 Å². The van der Waals surface area contributed by atoms with E-state index in [1.54, 1.807) is 30.7 Å². The number of cyclic esters (lactones) is 1. The highest BCUT2D eigenvalue weighted by molar-refractivity contribution is 5.95. The molecule has 2 amide bonds. The van der Waals surface area contributed by atoms with Gasteiger partial charge in [0.05, 0.1) is 43.5 Å². The molecule has 2 N–H and O–H groups in total. The van der Waals surface area contributed by atoms with Crippen LogP contribution in [0.15, 0.2) is 42.9 Å². The third-order valence-electron chi connectivity index (χ3n) is 6.18. The van der Waals surface area contributed by atoms with E-state index in [0.29, 0.717) is 68.2 Å². The molecule has 0 bridgehead atoms. The first-order valence-electron chi connectivity index (χ1n) is 12.2. The normalized spacial score (nSPS) is 18.7. The maximum absolute atomic E-state index is 12.4. The summed E-state index contributed by atoms with van der Waals surface area (Å²) in [6.45, 7) is 2.59. The van der Waals surface area contributed by atoms with Gasteiger partial charge in [0.1, 0.15) is 18.0 Å². The van der Waals surface area contributed by atoms with Crippen molar-refractivity contribution in [1.82, 2.24) is 25.3 Å². The number of rotatable bonds is 9. The molecule has 3 aliphatic rings. The van der Waals surface area contributed by atoms with Crippen molar-refractivity contribution in [3.63, 3.8) is 0 Å². The highest BCUT2D eigenvalue weighted by Crippen LogP contribution is 2.30. The number of nitrogens with one attached hydrogen (secondary N) is 2. The second kappa shape index (κ2) is 10.6. The standard InChI is InChI=1S/C25H25N7O6/c33-22-14-36-20-1-2-21(30-24(20)31-22)32-11-17(38-25(32)34)4-5-26-8-16-7-15(3-6-28-16)19-9-27-10-23(29-19)37-18-12-35-13-18/h1-3,6-7,9-10,17-18,26H,4-5,8,11-14H2,(H,30,31,33). The van der Waals surface area contributed by atoms with Crippen molar-refractivity contribution in [2.75, 3.05) is 43.1 Å². The van der Waals surface area contributed by atoms with Gasteiger partial charge in [-0.1, -0.05) is 0 Å². The van der Waals surface area contributed by atoms with Crippen molar-refractivity contribution >= 4 is 23.6 Å². The molecule has 1 unspecified atom stereocenters. The number of fused-ring (bicyclic) bond motifs is 1. The summed E-state index contributed by atoms with van der Waals surface area (Å²) in [6, 6.07) is 7.18. The Hall–Kier alpha value is -4.36. The topological polar surface area (TPSA) is 150 Å². The molecule has 0 saturated carbocycles. The van der Waals surface area contributed by atoms with Crippen LogP contribution in [0.5, 0.6) is 11.6 Å². The fourth-order valence-electron chi connectivity index (χ4n) is 4.17. The Labute approximate surface area is 217 Å². The second-order valence-corrected chi connectivity index (χ2v) is 8.99. The number of hydrogen-bond acceptors (Lipinski definition) is 11. The molecule has 0 radical (unpaired) electrons. The van der Waals surface area contributed by atoms with Crippen molar-refractivity contribution in [1.29, 1.82) is 0 Å². The quantitative estimate of drug-likeness (QED) is 0.396. The average Bonchev–Trinajstić information content (AvgIpc) is 3.29. The van der Waals surface area contributed by atoms with Gasteiger partial charge in [-0.2, -0.15) is 0 Å². The molecule has 6 rings (SSSR count). The van der Waals surface area contributed by atoms with E-state index >= 15 is 0 Å². The minimum atomic E-state index is -0.475. The van der Waals surface area contributed by atoms with Gasteiger partial charge in [0, 0.05) is 18.3 Å². The van der Waals surface area contributed by atoms with Gasteiger partial charge in [-0.3, -0.25) is 19.7 Å². The van der Waals surface area contributed by atoms with E-state index in [2.05, 4.69) is 30.6 Å². The molecule has 2 fully saturated rings. The number of anilines is 2. The van der Waals surface area contributed by atoms with Crippen LogP contribution < -0.4 is 25.0 Å². The fraction of sp³-hybridized carbons (Fsp3) is 0.360. The lowest BCUT2D eigenvalue weighted by Gasteiger charge is -2.25. The minimum Gasteiger partial charge on any atom is -0.480 e. The summed E-state index contributed by atoms with van der Waals surface area (Å²) < 4.78 is 21.7. The van der Waals surface area contributed by atoms with Crippen molar-refractivity contribution in [3.05, 3.63) is 48.5 Å². The van der Waals surface area contributed by atoms with E-state index in [1.807, 2.05) is 12.1 Å². The monoisotopic (exact) mass is 519 g/mol. The minimum absolute atomic E-state index is 0.0227. The summed E-state index contributed by atoms with van der Waals surface area (Å²) in [5.74, 6) is 1.34. The first kappa shape index (κ1) is 24.0. The first-order chi connectivity index (χ1) is 18.6.